The van der Waals surface area contributed by atoms with Crippen LogP contribution in [0.5, 0.6) is 0 Å². The summed E-state index contributed by atoms with van der Waals surface area (Å²) < 4.78 is 15.9. The maximum atomic E-state index is 13.1. The van der Waals surface area contributed by atoms with Gasteiger partial charge in [0.15, 0.2) is 0 Å². The average Bonchev–Trinajstić information content (AvgIpc) is 3.24. The molecule has 2 amide bonds. The summed E-state index contributed by atoms with van der Waals surface area (Å²) in [6, 6.07) is 3.74. The molecule has 1 aromatic heterocycles. The van der Waals surface area contributed by atoms with Crippen molar-refractivity contribution in [2.45, 2.75) is 20.0 Å². The molecule has 0 fully saturated rings. The second-order valence-corrected chi connectivity index (χ2v) is 7.30. The number of amides is 2. The summed E-state index contributed by atoms with van der Waals surface area (Å²) in [7, 11) is 3.22. The van der Waals surface area contributed by atoms with Gasteiger partial charge in [0, 0.05) is 32.2 Å². The lowest BCUT2D eigenvalue weighted by atomic mass is 10.1. The minimum atomic E-state index is -0.289. The summed E-state index contributed by atoms with van der Waals surface area (Å²) in [6.07, 6.45) is 0.0434. The van der Waals surface area contributed by atoms with E-state index in [4.69, 9.17) is 14.2 Å². The maximum Gasteiger partial charge on any atom is 0.277 e. The van der Waals surface area contributed by atoms with Gasteiger partial charge in [-0.1, -0.05) is 6.07 Å². The fraction of sp³-hybridized carbons (Fsp3) is 0.579. The molecule has 150 valence electrons. The van der Waals surface area contributed by atoms with Crippen LogP contribution in [0, 0.1) is 0 Å². The maximum absolute atomic E-state index is 13.1. The first-order valence-electron chi connectivity index (χ1n) is 9.00. The van der Waals surface area contributed by atoms with Gasteiger partial charge in [0.25, 0.3) is 11.8 Å². The van der Waals surface area contributed by atoms with Crippen LogP contribution in [0.4, 0.5) is 0 Å². The Balaban J connectivity index is 2.33. The molecular formula is C19H28N2O5S. The van der Waals surface area contributed by atoms with E-state index in [1.165, 1.54) is 16.2 Å². The molecule has 0 saturated heterocycles. The van der Waals surface area contributed by atoms with Crippen LogP contribution < -0.4 is 0 Å². The molecule has 2 heterocycles. The Morgan fingerprint density at radius 1 is 1.07 bits per heavy atom. The monoisotopic (exact) mass is 396 g/mol. The topological polar surface area (TPSA) is 68.3 Å². The van der Waals surface area contributed by atoms with Crippen LogP contribution in [0.2, 0.25) is 0 Å². The number of hydrogen-bond acceptors (Lipinski definition) is 7. The van der Waals surface area contributed by atoms with Crippen molar-refractivity contribution in [3.63, 3.8) is 0 Å². The van der Waals surface area contributed by atoms with E-state index in [9.17, 15) is 9.59 Å². The molecule has 0 N–H and O–H groups in total. The van der Waals surface area contributed by atoms with Crippen LogP contribution in [0.25, 0.3) is 5.57 Å². The Kier molecular flexibility index (Phi) is 8.43. The number of imide groups is 1. The smallest absolute Gasteiger partial charge is 0.277 e. The van der Waals surface area contributed by atoms with Crippen molar-refractivity contribution < 1.29 is 23.8 Å². The van der Waals surface area contributed by atoms with Crippen LogP contribution in [-0.4, -0.2) is 81.4 Å². The third kappa shape index (κ3) is 5.38. The molecule has 2 rings (SSSR count). The zero-order chi connectivity index (χ0) is 19.8. The van der Waals surface area contributed by atoms with Crippen LogP contribution >= 0.6 is 11.3 Å². The molecule has 7 nitrogen and oxygen atoms in total. The van der Waals surface area contributed by atoms with Gasteiger partial charge in [-0.2, -0.15) is 0 Å². The van der Waals surface area contributed by atoms with E-state index < -0.39 is 0 Å². The number of rotatable bonds is 12. The predicted octanol–water partition coefficient (Wildman–Crippen LogP) is 1.85. The van der Waals surface area contributed by atoms with Crippen molar-refractivity contribution in [2.24, 2.45) is 0 Å². The van der Waals surface area contributed by atoms with Crippen molar-refractivity contribution in [1.29, 1.82) is 0 Å². The van der Waals surface area contributed by atoms with Crippen molar-refractivity contribution in [2.75, 3.05) is 53.7 Å². The number of ether oxygens (including phenoxy) is 3. The molecule has 1 aliphatic heterocycles. The highest BCUT2D eigenvalue weighted by atomic mass is 32.1. The largest absolute Gasteiger partial charge is 0.383 e. The van der Waals surface area contributed by atoms with Crippen molar-refractivity contribution in [3.8, 4) is 0 Å². The Labute approximate surface area is 164 Å². The highest BCUT2D eigenvalue weighted by molar-refractivity contribution is 7.11. The molecule has 8 heteroatoms. The second kappa shape index (κ2) is 10.6. The Bertz CT molecular complexity index is 649. The molecule has 0 spiro atoms. The van der Waals surface area contributed by atoms with Crippen LogP contribution in [-0.2, 0) is 23.8 Å². The van der Waals surface area contributed by atoms with Gasteiger partial charge in [0.2, 0.25) is 0 Å². The Morgan fingerprint density at radius 3 is 2.26 bits per heavy atom. The number of carbonyl (C=O) groups is 2. The van der Waals surface area contributed by atoms with E-state index >= 15 is 0 Å². The Morgan fingerprint density at radius 2 is 1.74 bits per heavy atom. The van der Waals surface area contributed by atoms with E-state index in [1.54, 1.807) is 14.2 Å². The molecule has 0 bridgehead atoms. The molecule has 0 radical (unpaired) electrons. The lowest BCUT2D eigenvalue weighted by Crippen LogP contribution is -2.39. The first-order valence-corrected chi connectivity index (χ1v) is 9.88. The normalized spacial score (nSPS) is 14.8. The van der Waals surface area contributed by atoms with Gasteiger partial charge < -0.3 is 19.1 Å². The fourth-order valence-electron chi connectivity index (χ4n) is 2.82. The van der Waals surface area contributed by atoms with Crippen molar-refractivity contribution in [1.82, 2.24) is 9.80 Å². The van der Waals surface area contributed by atoms with Gasteiger partial charge in [-0.15, -0.1) is 11.3 Å². The second-order valence-electron chi connectivity index (χ2n) is 6.36. The number of methoxy groups -OCH3 is 2. The van der Waals surface area contributed by atoms with Crippen molar-refractivity contribution >= 4 is 28.7 Å². The quantitative estimate of drug-likeness (QED) is 0.502. The average molecular weight is 397 g/mol. The molecule has 1 aliphatic rings. The molecule has 0 aliphatic carbocycles. The molecule has 0 atom stereocenters. The number of carbonyl (C=O) groups excluding carboxylic acids is 2. The minimum absolute atomic E-state index is 0.0434. The third-order valence-corrected chi connectivity index (χ3v) is 5.01. The van der Waals surface area contributed by atoms with Crippen LogP contribution in [0.3, 0.4) is 0 Å². The van der Waals surface area contributed by atoms with Crippen LogP contribution in [0.15, 0.2) is 23.2 Å². The molecule has 0 aromatic carbocycles. The van der Waals surface area contributed by atoms with Gasteiger partial charge in [-0.05, 0) is 25.3 Å². The molecule has 0 unspecified atom stereocenters. The summed E-state index contributed by atoms with van der Waals surface area (Å²) in [5, 5.41) is 1.90. The zero-order valence-electron chi connectivity index (χ0n) is 16.4. The van der Waals surface area contributed by atoms with Gasteiger partial charge in [0.1, 0.15) is 5.70 Å². The first-order chi connectivity index (χ1) is 13.0. The summed E-state index contributed by atoms with van der Waals surface area (Å²) >= 11 is 1.45. The van der Waals surface area contributed by atoms with E-state index in [1.807, 2.05) is 36.3 Å². The molecule has 0 saturated carbocycles. The van der Waals surface area contributed by atoms with Crippen LogP contribution in [0.1, 0.15) is 18.7 Å². The SMILES string of the molecule is COCCN(CCOC)C1=C(c2cccs2)C(=O)N(CCOC(C)C)C1=O. The lowest BCUT2D eigenvalue weighted by Gasteiger charge is -2.25. The van der Waals surface area contributed by atoms with E-state index in [2.05, 4.69) is 0 Å². The number of nitrogens with zero attached hydrogens (tertiary/aromatic N) is 2. The molecule has 1 aromatic rings. The fourth-order valence-corrected chi connectivity index (χ4v) is 3.58. The van der Waals surface area contributed by atoms with E-state index in [-0.39, 0.29) is 24.5 Å². The number of hydrogen-bond donors (Lipinski definition) is 0. The van der Waals surface area contributed by atoms with E-state index in [0.717, 1.165) is 4.88 Å². The Hall–Kier alpha value is -1.74. The zero-order valence-corrected chi connectivity index (χ0v) is 17.2. The summed E-state index contributed by atoms with van der Waals surface area (Å²) in [5.74, 6) is -0.562. The summed E-state index contributed by atoms with van der Waals surface area (Å²) in [6.45, 7) is 6.29. The molecular weight excluding hydrogens is 368 g/mol. The third-order valence-electron chi connectivity index (χ3n) is 4.12. The molecule has 27 heavy (non-hydrogen) atoms. The highest BCUT2D eigenvalue weighted by Crippen LogP contribution is 2.33. The van der Waals surface area contributed by atoms with E-state index in [0.29, 0.717) is 44.2 Å². The summed E-state index contributed by atoms with van der Waals surface area (Å²) in [4.78, 5) is 30.1. The highest BCUT2D eigenvalue weighted by Gasteiger charge is 2.41. The van der Waals surface area contributed by atoms with Gasteiger partial charge >= 0.3 is 0 Å². The lowest BCUT2D eigenvalue weighted by molar-refractivity contribution is -0.138. The van der Waals surface area contributed by atoms with Gasteiger partial charge in [0.05, 0.1) is 38.0 Å². The van der Waals surface area contributed by atoms with Crippen molar-refractivity contribution in [3.05, 3.63) is 28.1 Å². The predicted molar refractivity (Wildman–Crippen MR) is 104 cm³/mol. The van der Waals surface area contributed by atoms with Gasteiger partial charge in [-0.25, -0.2) is 0 Å². The standard InChI is InChI=1S/C19H28N2O5S/c1-14(2)26-12-9-21-18(22)16(15-6-5-13-27-15)17(19(21)23)20(7-10-24-3)8-11-25-4/h5-6,13-14H,7-12H2,1-4H3. The number of thiophene rings is 1. The van der Waals surface area contributed by atoms with Gasteiger partial charge in [-0.3, -0.25) is 14.5 Å². The minimum Gasteiger partial charge on any atom is -0.383 e. The summed E-state index contributed by atoms with van der Waals surface area (Å²) in [5.41, 5.74) is 0.868. The first kappa shape index (κ1) is 21.6.